The van der Waals surface area contributed by atoms with Crippen LogP contribution >= 0.6 is 11.6 Å². The van der Waals surface area contributed by atoms with Crippen molar-refractivity contribution in [2.75, 3.05) is 29.9 Å². The molecule has 1 amide bonds. The number of nitrogens with zero attached hydrogens (tertiary/aromatic N) is 3. The fourth-order valence-corrected chi connectivity index (χ4v) is 2.39. The molecule has 0 spiro atoms. The number of pyridine rings is 1. The number of carbonyl (C=O) groups is 1. The van der Waals surface area contributed by atoms with E-state index in [9.17, 15) is 10.1 Å². The molecule has 25 heavy (non-hydrogen) atoms. The maximum atomic E-state index is 12.0. The van der Waals surface area contributed by atoms with Crippen LogP contribution in [0, 0.1) is 11.3 Å². The number of halogens is 1. The number of carbonyl (C=O) groups excluding carboxylic acids is 1. The molecule has 2 rings (SSSR count). The van der Waals surface area contributed by atoms with Crippen LogP contribution in [0.15, 0.2) is 36.5 Å². The molecule has 2 aromatic rings. The van der Waals surface area contributed by atoms with Crippen LogP contribution < -0.4 is 15.0 Å². The Labute approximate surface area is 152 Å². The van der Waals surface area contributed by atoms with Gasteiger partial charge >= 0.3 is 0 Å². The predicted molar refractivity (Wildman–Crippen MR) is 98.1 cm³/mol. The second-order valence-electron chi connectivity index (χ2n) is 5.16. The smallest absolute Gasteiger partial charge is 0.263 e. The van der Waals surface area contributed by atoms with Gasteiger partial charge in [-0.15, -0.1) is 0 Å². The Kier molecular flexibility index (Phi) is 6.61. The van der Waals surface area contributed by atoms with Crippen LogP contribution in [-0.4, -0.2) is 30.6 Å². The third kappa shape index (κ3) is 5.10. The molecule has 130 valence electrons. The summed E-state index contributed by atoms with van der Waals surface area (Å²) in [7, 11) is 0. The minimum atomic E-state index is -0.369. The number of hydrogen-bond donors (Lipinski definition) is 1. The number of benzene rings is 1. The first-order valence-corrected chi connectivity index (χ1v) is 8.28. The molecule has 0 saturated carbocycles. The van der Waals surface area contributed by atoms with Crippen LogP contribution in [0.25, 0.3) is 0 Å². The Morgan fingerprint density at radius 1 is 1.32 bits per heavy atom. The van der Waals surface area contributed by atoms with Crippen molar-refractivity contribution in [2.24, 2.45) is 0 Å². The van der Waals surface area contributed by atoms with E-state index in [1.165, 1.54) is 6.20 Å². The van der Waals surface area contributed by atoms with Gasteiger partial charge in [0.2, 0.25) is 0 Å². The van der Waals surface area contributed by atoms with Crippen molar-refractivity contribution < 1.29 is 9.53 Å². The molecule has 1 heterocycles. The van der Waals surface area contributed by atoms with E-state index in [1.54, 1.807) is 24.3 Å². The number of aromatic nitrogens is 1. The van der Waals surface area contributed by atoms with Gasteiger partial charge in [-0.1, -0.05) is 11.6 Å². The Morgan fingerprint density at radius 2 is 2.08 bits per heavy atom. The van der Waals surface area contributed by atoms with Crippen LogP contribution in [0.2, 0.25) is 5.02 Å². The molecule has 1 N–H and O–H groups in total. The SMILES string of the molecule is CCN(CC)c1ccc(C#N)c(OCC(=O)Nc2ccc(Cl)cn2)c1. The number of nitriles is 1. The van der Waals surface area contributed by atoms with E-state index in [0.29, 0.717) is 22.2 Å². The van der Waals surface area contributed by atoms with E-state index in [1.807, 2.05) is 6.07 Å². The number of hydrogen-bond acceptors (Lipinski definition) is 5. The molecule has 0 unspecified atom stereocenters. The zero-order valence-electron chi connectivity index (χ0n) is 14.1. The summed E-state index contributed by atoms with van der Waals surface area (Å²) in [6.45, 7) is 5.55. The van der Waals surface area contributed by atoms with Crippen molar-refractivity contribution in [1.29, 1.82) is 5.26 Å². The van der Waals surface area contributed by atoms with Crippen LogP contribution in [-0.2, 0) is 4.79 Å². The van der Waals surface area contributed by atoms with Crippen LogP contribution in [0.4, 0.5) is 11.5 Å². The largest absolute Gasteiger partial charge is 0.482 e. The van der Waals surface area contributed by atoms with E-state index in [2.05, 4.69) is 35.1 Å². The van der Waals surface area contributed by atoms with Crippen LogP contribution in [0.1, 0.15) is 19.4 Å². The average Bonchev–Trinajstić information content (AvgIpc) is 2.63. The van der Waals surface area contributed by atoms with Crippen LogP contribution in [0.3, 0.4) is 0 Å². The molecule has 1 aromatic heterocycles. The molecule has 0 aliphatic rings. The van der Waals surface area contributed by atoms with Crippen LogP contribution in [0.5, 0.6) is 5.75 Å². The fourth-order valence-electron chi connectivity index (χ4n) is 2.28. The van der Waals surface area contributed by atoms with Gasteiger partial charge < -0.3 is 15.0 Å². The second kappa shape index (κ2) is 8.90. The van der Waals surface area contributed by atoms with Crippen molar-refractivity contribution >= 4 is 29.0 Å². The molecule has 0 saturated heterocycles. The average molecular weight is 359 g/mol. The standard InChI is InChI=1S/C18H19ClN4O2/c1-3-23(4-2)15-7-5-13(10-20)16(9-15)25-12-18(24)22-17-8-6-14(19)11-21-17/h5-9,11H,3-4,12H2,1-2H3,(H,21,22,24). The van der Waals surface area contributed by atoms with Gasteiger partial charge in [0.1, 0.15) is 17.6 Å². The first-order valence-electron chi connectivity index (χ1n) is 7.90. The Bertz CT molecular complexity index is 768. The van der Waals surface area contributed by atoms with E-state index in [-0.39, 0.29) is 12.5 Å². The number of nitrogens with one attached hydrogen (secondary N) is 1. The monoisotopic (exact) mass is 358 g/mol. The highest BCUT2D eigenvalue weighted by atomic mass is 35.5. The summed E-state index contributed by atoms with van der Waals surface area (Å²) in [6, 6.07) is 10.7. The molecule has 6 nitrogen and oxygen atoms in total. The van der Waals surface area contributed by atoms with Gasteiger partial charge in [0.25, 0.3) is 5.91 Å². The Balaban J connectivity index is 2.05. The molecule has 0 aliphatic carbocycles. The van der Waals surface area contributed by atoms with Crippen molar-refractivity contribution in [3.8, 4) is 11.8 Å². The summed E-state index contributed by atoms with van der Waals surface area (Å²) in [5, 5.41) is 12.3. The van der Waals surface area contributed by atoms with E-state index >= 15 is 0 Å². The van der Waals surface area contributed by atoms with Gasteiger partial charge in [-0.25, -0.2) is 4.98 Å². The first-order chi connectivity index (χ1) is 12.1. The molecule has 7 heteroatoms. The quantitative estimate of drug-likeness (QED) is 0.819. The summed E-state index contributed by atoms with van der Waals surface area (Å²) < 4.78 is 5.55. The third-order valence-electron chi connectivity index (χ3n) is 3.57. The van der Waals surface area contributed by atoms with Gasteiger partial charge in [-0.3, -0.25) is 4.79 Å². The maximum Gasteiger partial charge on any atom is 0.263 e. The zero-order valence-corrected chi connectivity index (χ0v) is 14.9. The lowest BCUT2D eigenvalue weighted by Crippen LogP contribution is -2.23. The molecule has 0 bridgehead atoms. The van der Waals surface area contributed by atoms with Crippen molar-refractivity contribution in [3.63, 3.8) is 0 Å². The van der Waals surface area contributed by atoms with Crippen molar-refractivity contribution in [3.05, 3.63) is 47.1 Å². The minimum Gasteiger partial charge on any atom is -0.482 e. The summed E-state index contributed by atoms with van der Waals surface area (Å²) in [4.78, 5) is 18.1. The van der Waals surface area contributed by atoms with Gasteiger partial charge in [-0.2, -0.15) is 5.26 Å². The van der Waals surface area contributed by atoms with Crippen molar-refractivity contribution in [2.45, 2.75) is 13.8 Å². The summed E-state index contributed by atoms with van der Waals surface area (Å²) in [5.41, 5.74) is 1.33. The summed E-state index contributed by atoms with van der Waals surface area (Å²) in [6.07, 6.45) is 1.44. The number of amides is 1. The van der Waals surface area contributed by atoms with Gasteiger partial charge in [0.15, 0.2) is 6.61 Å². The van der Waals surface area contributed by atoms with E-state index in [0.717, 1.165) is 18.8 Å². The van der Waals surface area contributed by atoms with Gasteiger partial charge in [0.05, 0.1) is 10.6 Å². The highest BCUT2D eigenvalue weighted by molar-refractivity contribution is 6.30. The summed E-state index contributed by atoms with van der Waals surface area (Å²) >= 11 is 5.75. The van der Waals surface area contributed by atoms with Gasteiger partial charge in [-0.05, 0) is 38.1 Å². The first kappa shape index (κ1) is 18.6. The lowest BCUT2D eigenvalue weighted by Gasteiger charge is -2.22. The molecule has 0 aliphatic heterocycles. The Morgan fingerprint density at radius 3 is 2.68 bits per heavy atom. The second-order valence-corrected chi connectivity index (χ2v) is 5.60. The Hall–Kier alpha value is -2.78. The number of ether oxygens (including phenoxy) is 1. The summed E-state index contributed by atoms with van der Waals surface area (Å²) in [5.74, 6) is 0.397. The zero-order chi connectivity index (χ0) is 18.2. The number of rotatable bonds is 7. The lowest BCUT2D eigenvalue weighted by molar-refractivity contribution is -0.118. The molecule has 0 radical (unpaired) electrons. The molecular weight excluding hydrogens is 340 g/mol. The van der Waals surface area contributed by atoms with Gasteiger partial charge in [0, 0.05) is 31.0 Å². The topological polar surface area (TPSA) is 78.2 Å². The van der Waals surface area contributed by atoms with E-state index in [4.69, 9.17) is 16.3 Å². The predicted octanol–water partition coefficient (Wildman–Crippen LogP) is 3.47. The molecule has 0 atom stereocenters. The molecule has 1 aromatic carbocycles. The molecule has 0 fully saturated rings. The highest BCUT2D eigenvalue weighted by Crippen LogP contribution is 2.25. The van der Waals surface area contributed by atoms with Crippen molar-refractivity contribution in [1.82, 2.24) is 4.98 Å². The number of anilines is 2. The maximum absolute atomic E-state index is 12.0. The third-order valence-corrected chi connectivity index (χ3v) is 3.79. The fraction of sp³-hybridized carbons (Fsp3) is 0.278. The molecular formula is C18H19ClN4O2. The minimum absolute atomic E-state index is 0.222. The normalized spacial score (nSPS) is 10.0. The van der Waals surface area contributed by atoms with E-state index < -0.39 is 0 Å². The highest BCUT2D eigenvalue weighted by Gasteiger charge is 2.11. The lowest BCUT2D eigenvalue weighted by atomic mass is 10.2.